The van der Waals surface area contributed by atoms with Gasteiger partial charge < -0.3 is 4.74 Å². The normalized spacial score (nSPS) is 12.9. The van der Waals surface area contributed by atoms with Gasteiger partial charge in [-0.3, -0.25) is 11.3 Å². The highest BCUT2D eigenvalue weighted by Gasteiger charge is 2.15. The SMILES string of the molecule is COc1ccc(Cl)cc1CC(NN)C(C)C. The van der Waals surface area contributed by atoms with Crippen LogP contribution in [0, 0.1) is 5.92 Å². The first kappa shape index (κ1) is 13.3. The Labute approximate surface area is 102 Å². The van der Waals surface area contributed by atoms with E-state index in [0.29, 0.717) is 5.92 Å². The second-order valence-electron chi connectivity index (χ2n) is 4.18. The summed E-state index contributed by atoms with van der Waals surface area (Å²) in [5, 5.41) is 0.718. The van der Waals surface area contributed by atoms with Crippen LogP contribution < -0.4 is 16.0 Å². The molecule has 3 N–H and O–H groups in total. The van der Waals surface area contributed by atoms with E-state index in [-0.39, 0.29) is 6.04 Å². The minimum absolute atomic E-state index is 0.215. The van der Waals surface area contributed by atoms with Gasteiger partial charge in [0.25, 0.3) is 0 Å². The zero-order valence-corrected chi connectivity index (χ0v) is 10.7. The summed E-state index contributed by atoms with van der Waals surface area (Å²) in [6.07, 6.45) is 0.803. The Balaban J connectivity index is 2.89. The Hall–Kier alpha value is -0.770. The Kier molecular flexibility index (Phi) is 5.06. The molecule has 1 aromatic carbocycles. The lowest BCUT2D eigenvalue weighted by molar-refractivity contribution is 0.382. The third-order valence-electron chi connectivity index (χ3n) is 2.70. The average Bonchev–Trinajstić information content (AvgIpc) is 2.25. The number of hydrogen-bond donors (Lipinski definition) is 2. The first-order chi connectivity index (χ1) is 7.58. The van der Waals surface area contributed by atoms with Gasteiger partial charge in [0.1, 0.15) is 5.75 Å². The molecule has 0 fully saturated rings. The van der Waals surface area contributed by atoms with Crippen molar-refractivity contribution in [1.82, 2.24) is 5.43 Å². The summed E-state index contributed by atoms with van der Waals surface area (Å²) in [7, 11) is 1.66. The summed E-state index contributed by atoms with van der Waals surface area (Å²) in [6.45, 7) is 4.25. The van der Waals surface area contributed by atoms with E-state index in [4.69, 9.17) is 22.2 Å². The number of nitrogens with two attached hydrogens (primary N) is 1. The van der Waals surface area contributed by atoms with Gasteiger partial charge in [-0.1, -0.05) is 25.4 Å². The number of benzene rings is 1. The van der Waals surface area contributed by atoms with Crippen LogP contribution in [0.4, 0.5) is 0 Å². The van der Waals surface area contributed by atoms with Crippen LogP contribution in [0.5, 0.6) is 5.75 Å². The molecule has 4 heteroatoms. The predicted octanol–water partition coefficient (Wildman–Crippen LogP) is 2.38. The van der Waals surface area contributed by atoms with Gasteiger partial charge in [0.2, 0.25) is 0 Å². The van der Waals surface area contributed by atoms with Gasteiger partial charge in [-0.2, -0.15) is 0 Å². The number of hydrazine groups is 1. The van der Waals surface area contributed by atoms with Crippen molar-refractivity contribution >= 4 is 11.6 Å². The maximum atomic E-state index is 5.97. The molecule has 0 spiro atoms. The lowest BCUT2D eigenvalue weighted by Crippen LogP contribution is -2.40. The van der Waals surface area contributed by atoms with Crippen molar-refractivity contribution in [2.45, 2.75) is 26.3 Å². The fraction of sp³-hybridized carbons (Fsp3) is 0.500. The zero-order chi connectivity index (χ0) is 12.1. The molecule has 0 aromatic heterocycles. The van der Waals surface area contributed by atoms with Crippen LogP contribution in [-0.4, -0.2) is 13.2 Å². The van der Waals surface area contributed by atoms with Crippen molar-refractivity contribution in [1.29, 1.82) is 0 Å². The molecule has 0 aliphatic carbocycles. The molecule has 0 heterocycles. The highest BCUT2D eigenvalue weighted by atomic mass is 35.5. The number of rotatable bonds is 5. The Morgan fingerprint density at radius 2 is 2.12 bits per heavy atom. The van der Waals surface area contributed by atoms with Gasteiger partial charge in [-0.05, 0) is 36.1 Å². The third kappa shape index (κ3) is 3.37. The number of methoxy groups -OCH3 is 1. The molecule has 16 heavy (non-hydrogen) atoms. The topological polar surface area (TPSA) is 47.3 Å². The van der Waals surface area contributed by atoms with E-state index in [1.807, 2.05) is 18.2 Å². The molecule has 0 aliphatic heterocycles. The summed E-state index contributed by atoms with van der Waals surface area (Å²) in [6, 6.07) is 5.84. The fourth-order valence-corrected chi connectivity index (χ4v) is 1.83. The van der Waals surface area contributed by atoms with E-state index < -0.39 is 0 Å². The summed E-state index contributed by atoms with van der Waals surface area (Å²) in [5.74, 6) is 6.83. The first-order valence-corrected chi connectivity index (χ1v) is 5.74. The zero-order valence-electron chi connectivity index (χ0n) is 9.96. The molecule has 1 rings (SSSR count). The van der Waals surface area contributed by atoms with E-state index >= 15 is 0 Å². The lowest BCUT2D eigenvalue weighted by atomic mass is 9.96. The second kappa shape index (κ2) is 6.09. The molecule has 0 bridgehead atoms. The standard InChI is InChI=1S/C12H19ClN2O/c1-8(2)11(15-14)7-9-6-10(13)4-5-12(9)16-3/h4-6,8,11,15H,7,14H2,1-3H3. The van der Waals surface area contributed by atoms with Crippen LogP contribution >= 0.6 is 11.6 Å². The van der Waals surface area contributed by atoms with Gasteiger partial charge in [0.05, 0.1) is 7.11 Å². The van der Waals surface area contributed by atoms with Gasteiger partial charge in [0.15, 0.2) is 0 Å². The van der Waals surface area contributed by atoms with E-state index in [1.165, 1.54) is 0 Å². The molecular formula is C12H19ClN2O. The van der Waals surface area contributed by atoms with Gasteiger partial charge in [-0.15, -0.1) is 0 Å². The summed E-state index contributed by atoms with van der Waals surface area (Å²) >= 11 is 5.97. The molecule has 0 aliphatic rings. The van der Waals surface area contributed by atoms with Gasteiger partial charge >= 0.3 is 0 Å². The largest absolute Gasteiger partial charge is 0.496 e. The Morgan fingerprint density at radius 1 is 1.44 bits per heavy atom. The van der Waals surface area contributed by atoms with Crippen LogP contribution in [0.1, 0.15) is 19.4 Å². The second-order valence-corrected chi connectivity index (χ2v) is 4.61. The van der Waals surface area contributed by atoms with Crippen molar-refractivity contribution in [3.63, 3.8) is 0 Å². The maximum Gasteiger partial charge on any atom is 0.122 e. The Bertz CT molecular complexity index is 342. The molecule has 1 aromatic rings. The van der Waals surface area contributed by atoms with Crippen LogP contribution in [0.15, 0.2) is 18.2 Å². The summed E-state index contributed by atoms with van der Waals surface area (Å²) < 4.78 is 5.30. The molecule has 90 valence electrons. The molecule has 0 amide bonds. The van der Waals surface area contributed by atoms with Crippen LogP contribution in [-0.2, 0) is 6.42 Å². The number of nitrogens with one attached hydrogen (secondary N) is 1. The molecular weight excluding hydrogens is 224 g/mol. The third-order valence-corrected chi connectivity index (χ3v) is 2.94. The Morgan fingerprint density at radius 3 is 2.62 bits per heavy atom. The van der Waals surface area contributed by atoms with Crippen molar-refractivity contribution in [3.8, 4) is 5.75 Å². The molecule has 1 atom stereocenters. The van der Waals surface area contributed by atoms with Crippen molar-refractivity contribution in [3.05, 3.63) is 28.8 Å². The minimum Gasteiger partial charge on any atom is -0.496 e. The molecule has 0 saturated heterocycles. The summed E-state index contributed by atoms with van der Waals surface area (Å²) in [4.78, 5) is 0. The number of ether oxygens (including phenoxy) is 1. The lowest BCUT2D eigenvalue weighted by Gasteiger charge is -2.21. The number of hydrogen-bond acceptors (Lipinski definition) is 3. The van der Waals surface area contributed by atoms with Crippen LogP contribution in [0.25, 0.3) is 0 Å². The minimum atomic E-state index is 0.215. The molecule has 3 nitrogen and oxygen atoms in total. The summed E-state index contributed by atoms with van der Waals surface area (Å²) in [5.41, 5.74) is 3.90. The quantitative estimate of drug-likeness (QED) is 0.616. The van der Waals surface area contributed by atoms with Crippen molar-refractivity contribution in [2.24, 2.45) is 11.8 Å². The van der Waals surface area contributed by atoms with Gasteiger partial charge in [0, 0.05) is 11.1 Å². The van der Waals surface area contributed by atoms with E-state index in [0.717, 1.165) is 22.8 Å². The first-order valence-electron chi connectivity index (χ1n) is 5.37. The highest BCUT2D eigenvalue weighted by molar-refractivity contribution is 6.30. The van der Waals surface area contributed by atoms with Crippen molar-refractivity contribution in [2.75, 3.05) is 7.11 Å². The van der Waals surface area contributed by atoms with Gasteiger partial charge in [-0.25, -0.2) is 0 Å². The average molecular weight is 243 g/mol. The highest BCUT2D eigenvalue weighted by Crippen LogP contribution is 2.24. The predicted molar refractivity (Wildman–Crippen MR) is 67.7 cm³/mol. The van der Waals surface area contributed by atoms with E-state index in [2.05, 4.69) is 19.3 Å². The van der Waals surface area contributed by atoms with E-state index in [9.17, 15) is 0 Å². The smallest absolute Gasteiger partial charge is 0.122 e. The fourth-order valence-electron chi connectivity index (χ4n) is 1.63. The van der Waals surface area contributed by atoms with Crippen LogP contribution in [0.3, 0.4) is 0 Å². The maximum absolute atomic E-state index is 5.97. The number of halogens is 1. The van der Waals surface area contributed by atoms with E-state index in [1.54, 1.807) is 7.11 Å². The molecule has 0 saturated carbocycles. The molecule has 1 unspecified atom stereocenters. The van der Waals surface area contributed by atoms with Crippen LogP contribution in [0.2, 0.25) is 5.02 Å². The van der Waals surface area contributed by atoms with Crippen molar-refractivity contribution < 1.29 is 4.74 Å². The molecule has 0 radical (unpaired) electrons. The monoisotopic (exact) mass is 242 g/mol.